The van der Waals surface area contributed by atoms with E-state index in [1.165, 1.54) is 37.7 Å². The molecule has 0 aliphatic rings. The Labute approximate surface area is 130 Å². The number of nitrogens with one attached hydrogen (secondary N) is 2. The van der Waals surface area contributed by atoms with Crippen LogP contribution in [0.2, 0.25) is 0 Å². The lowest BCUT2D eigenvalue weighted by Gasteiger charge is -2.16. The number of furan rings is 2. The van der Waals surface area contributed by atoms with Crippen LogP contribution in [0.5, 0.6) is 0 Å². The molecule has 0 bridgehead atoms. The number of carbonyl (C=O) groups excluding carboxylic acids is 3. The molecule has 8 heteroatoms. The number of hydrogen-bond acceptors (Lipinski definition) is 6. The Morgan fingerprint density at radius 3 is 2.43 bits per heavy atom. The first-order valence-corrected chi connectivity index (χ1v) is 6.59. The molecule has 0 saturated heterocycles. The first-order chi connectivity index (χ1) is 11.0. The second-order valence-electron chi connectivity index (χ2n) is 4.52. The summed E-state index contributed by atoms with van der Waals surface area (Å²) in [7, 11) is 0. The van der Waals surface area contributed by atoms with Gasteiger partial charge in [-0.15, -0.1) is 0 Å². The molecule has 0 unspecified atom stereocenters. The van der Waals surface area contributed by atoms with Crippen molar-refractivity contribution in [1.82, 2.24) is 10.6 Å². The van der Waals surface area contributed by atoms with Gasteiger partial charge in [0.05, 0.1) is 24.5 Å². The Morgan fingerprint density at radius 2 is 1.87 bits per heavy atom. The summed E-state index contributed by atoms with van der Waals surface area (Å²) in [6.45, 7) is 1.24. The first-order valence-electron chi connectivity index (χ1n) is 6.59. The van der Waals surface area contributed by atoms with Crippen LogP contribution in [0.25, 0.3) is 6.08 Å². The van der Waals surface area contributed by atoms with Crippen LogP contribution < -0.4 is 15.7 Å². The summed E-state index contributed by atoms with van der Waals surface area (Å²) in [5.41, 5.74) is -0.200. The number of carboxylic acid groups (broad SMARTS) is 1. The topological polar surface area (TPSA) is 125 Å². The molecule has 1 atom stereocenters. The van der Waals surface area contributed by atoms with Crippen LogP contribution in [0.3, 0.4) is 0 Å². The van der Waals surface area contributed by atoms with E-state index in [1.807, 2.05) is 0 Å². The Bertz CT molecular complexity index is 715. The molecule has 120 valence electrons. The lowest BCUT2D eigenvalue weighted by Crippen LogP contribution is -2.48. The number of rotatable bonds is 6. The van der Waals surface area contributed by atoms with Crippen molar-refractivity contribution >= 4 is 23.9 Å². The van der Waals surface area contributed by atoms with E-state index < -0.39 is 23.8 Å². The lowest BCUT2D eigenvalue weighted by atomic mass is 10.2. The van der Waals surface area contributed by atoms with Crippen molar-refractivity contribution in [1.29, 1.82) is 0 Å². The monoisotopic (exact) mass is 317 g/mol. The number of carboxylic acids is 1. The lowest BCUT2D eigenvalue weighted by molar-refractivity contribution is -0.307. The molecule has 0 aliphatic heterocycles. The molecule has 8 nitrogen and oxygen atoms in total. The van der Waals surface area contributed by atoms with E-state index in [4.69, 9.17) is 8.83 Å². The molecule has 2 heterocycles. The largest absolute Gasteiger partial charge is 0.548 e. The van der Waals surface area contributed by atoms with Crippen LogP contribution in [0.1, 0.15) is 23.2 Å². The molecule has 23 heavy (non-hydrogen) atoms. The van der Waals surface area contributed by atoms with Crippen molar-refractivity contribution in [2.45, 2.75) is 13.0 Å². The molecule has 2 aromatic heterocycles. The Morgan fingerprint density at radius 1 is 1.17 bits per heavy atom. The summed E-state index contributed by atoms with van der Waals surface area (Å²) in [4.78, 5) is 34.8. The van der Waals surface area contributed by atoms with Gasteiger partial charge in [-0.2, -0.15) is 0 Å². The van der Waals surface area contributed by atoms with Crippen LogP contribution in [-0.2, 0) is 9.59 Å². The Balaban J connectivity index is 2.20. The van der Waals surface area contributed by atoms with Crippen LogP contribution in [0, 0.1) is 0 Å². The number of aliphatic carboxylic acids is 1. The summed E-state index contributed by atoms with van der Waals surface area (Å²) in [6.07, 6.45) is 3.96. The number of hydrogen-bond donors (Lipinski definition) is 2. The van der Waals surface area contributed by atoms with Gasteiger partial charge in [0.15, 0.2) is 5.76 Å². The van der Waals surface area contributed by atoms with Gasteiger partial charge >= 0.3 is 0 Å². The van der Waals surface area contributed by atoms with Crippen molar-refractivity contribution < 1.29 is 28.3 Å². The fourth-order valence-corrected chi connectivity index (χ4v) is 1.60. The zero-order valence-corrected chi connectivity index (χ0v) is 12.1. The van der Waals surface area contributed by atoms with Gasteiger partial charge in [0.2, 0.25) is 0 Å². The van der Waals surface area contributed by atoms with Crippen LogP contribution >= 0.6 is 0 Å². The molecule has 2 amide bonds. The maximum atomic E-state index is 12.1. The molecule has 0 spiro atoms. The van der Waals surface area contributed by atoms with E-state index >= 15 is 0 Å². The van der Waals surface area contributed by atoms with E-state index in [2.05, 4.69) is 10.6 Å². The molecule has 0 radical (unpaired) electrons. The fraction of sp³-hybridized carbons (Fsp3) is 0.133. The molecule has 0 aliphatic carbocycles. The average Bonchev–Trinajstić information content (AvgIpc) is 3.19. The summed E-state index contributed by atoms with van der Waals surface area (Å²) in [5.74, 6) is -2.62. The summed E-state index contributed by atoms with van der Waals surface area (Å²) >= 11 is 0. The van der Waals surface area contributed by atoms with Crippen LogP contribution in [0.4, 0.5) is 0 Å². The minimum Gasteiger partial charge on any atom is -0.548 e. The molecular weight excluding hydrogens is 304 g/mol. The third-order valence-corrected chi connectivity index (χ3v) is 2.77. The standard InChI is InChI=1S/C15H14N2O6/c1-9(15(20)21)16-13(18)11(8-10-4-2-6-22-10)17-14(19)12-5-3-7-23-12/h2-9H,1H3,(H,16,18)(H,17,19)(H,20,21)/p-1/b11-8+/t9-/m1/s1. The predicted molar refractivity (Wildman–Crippen MR) is 75.5 cm³/mol. The van der Waals surface area contributed by atoms with E-state index in [1.54, 1.807) is 12.1 Å². The fourth-order valence-electron chi connectivity index (χ4n) is 1.60. The van der Waals surface area contributed by atoms with Gasteiger partial charge in [0, 0.05) is 6.08 Å². The maximum Gasteiger partial charge on any atom is 0.291 e. The first kappa shape index (κ1) is 16.1. The second kappa shape index (κ2) is 7.12. The highest BCUT2D eigenvalue weighted by molar-refractivity contribution is 6.05. The quantitative estimate of drug-likeness (QED) is 0.717. The van der Waals surface area contributed by atoms with E-state index in [9.17, 15) is 19.5 Å². The normalized spacial score (nSPS) is 12.5. The zero-order valence-electron chi connectivity index (χ0n) is 12.1. The summed E-state index contributed by atoms with van der Waals surface area (Å²) in [5, 5.41) is 15.2. The number of carbonyl (C=O) groups is 3. The summed E-state index contributed by atoms with van der Waals surface area (Å²) < 4.78 is 10.0. The second-order valence-corrected chi connectivity index (χ2v) is 4.52. The third-order valence-electron chi connectivity index (χ3n) is 2.77. The van der Waals surface area contributed by atoms with E-state index in [0.717, 1.165) is 0 Å². The van der Waals surface area contributed by atoms with Crippen LogP contribution in [-0.4, -0.2) is 23.8 Å². The molecule has 0 fully saturated rings. The smallest absolute Gasteiger partial charge is 0.291 e. The van der Waals surface area contributed by atoms with Gasteiger partial charge < -0.3 is 29.4 Å². The predicted octanol–water partition coefficient (Wildman–Crippen LogP) is -0.102. The highest BCUT2D eigenvalue weighted by Crippen LogP contribution is 2.08. The molecule has 2 aromatic rings. The van der Waals surface area contributed by atoms with Gasteiger partial charge in [0.1, 0.15) is 11.5 Å². The van der Waals surface area contributed by atoms with Gasteiger partial charge in [0.25, 0.3) is 11.8 Å². The number of amides is 2. The van der Waals surface area contributed by atoms with Gasteiger partial charge in [-0.3, -0.25) is 9.59 Å². The molecule has 2 rings (SSSR count). The highest BCUT2D eigenvalue weighted by atomic mass is 16.4. The van der Waals surface area contributed by atoms with E-state index in [-0.39, 0.29) is 11.5 Å². The third kappa shape index (κ3) is 4.34. The van der Waals surface area contributed by atoms with Crippen molar-refractivity contribution in [3.63, 3.8) is 0 Å². The molecule has 0 aromatic carbocycles. The highest BCUT2D eigenvalue weighted by Gasteiger charge is 2.18. The van der Waals surface area contributed by atoms with Crippen molar-refractivity contribution in [3.8, 4) is 0 Å². The zero-order chi connectivity index (χ0) is 16.8. The average molecular weight is 317 g/mol. The SMILES string of the molecule is C[C@@H](NC(=O)/C(=C\c1ccco1)NC(=O)c1ccco1)C(=O)[O-]. The Kier molecular flexibility index (Phi) is 4.98. The molecule has 0 saturated carbocycles. The molecular formula is C15H13N2O6-. The Hall–Kier alpha value is -3.29. The molecule has 2 N–H and O–H groups in total. The van der Waals surface area contributed by atoms with Crippen molar-refractivity contribution in [2.24, 2.45) is 0 Å². The van der Waals surface area contributed by atoms with Gasteiger partial charge in [-0.1, -0.05) is 0 Å². The van der Waals surface area contributed by atoms with Crippen molar-refractivity contribution in [2.75, 3.05) is 0 Å². The van der Waals surface area contributed by atoms with Gasteiger partial charge in [-0.05, 0) is 31.2 Å². The van der Waals surface area contributed by atoms with Crippen LogP contribution in [0.15, 0.2) is 51.3 Å². The summed E-state index contributed by atoms with van der Waals surface area (Å²) in [6, 6.07) is 4.86. The minimum absolute atomic E-state index is 0.00362. The maximum absolute atomic E-state index is 12.1. The van der Waals surface area contributed by atoms with Crippen molar-refractivity contribution in [3.05, 3.63) is 54.0 Å². The minimum atomic E-state index is -1.45. The van der Waals surface area contributed by atoms with E-state index in [0.29, 0.717) is 5.76 Å². The van der Waals surface area contributed by atoms with Gasteiger partial charge in [-0.25, -0.2) is 0 Å².